The highest BCUT2D eigenvalue weighted by Crippen LogP contribution is 2.26. The van der Waals surface area contributed by atoms with Crippen LogP contribution in [0.4, 0.5) is 0 Å². The summed E-state index contributed by atoms with van der Waals surface area (Å²) < 4.78 is 6.92. The first-order valence-electron chi connectivity index (χ1n) is 6.98. The number of aryl methyl sites for hydroxylation is 1. The van der Waals surface area contributed by atoms with Crippen molar-refractivity contribution in [2.75, 3.05) is 0 Å². The van der Waals surface area contributed by atoms with Gasteiger partial charge in [0.2, 0.25) is 5.88 Å². The number of benzene rings is 1. The number of hydrogen-bond acceptors (Lipinski definition) is 3. The SMILES string of the molecule is Cc1cc(Br)ccc1Oc1cccc(CNC(C)(C)C)n1. The molecule has 2 aromatic rings. The zero-order valence-corrected chi connectivity index (χ0v) is 14.5. The van der Waals surface area contributed by atoms with E-state index in [-0.39, 0.29) is 5.54 Å². The summed E-state index contributed by atoms with van der Waals surface area (Å²) >= 11 is 3.45. The summed E-state index contributed by atoms with van der Waals surface area (Å²) in [5, 5.41) is 3.42. The fourth-order valence-corrected chi connectivity index (χ4v) is 2.28. The first-order valence-corrected chi connectivity index (χ1v) is 7.78. The van der Waals surface area contributed by atoms with Gasteiger partial charge in [0.05, 0.1) is 5.69 Å². The van der Waals surface area contributed by atoms with Crippen molar-refractivity contribution in [3.8, 4) is 11.6 Å². The molecule has 0 aliphatic rings. The maximum atomic E-state index is 5.88. The minimum Gasteiger partial charge on any atom is -0.439 e. The van der Waals surface area contributed by atoms with Crippen molar-refractivity contribution in [3.63, 3.8) is 0 Å². The van der Waals surface area contributed by atoms with Crippen molar-refractivity contribution in [1.82, 2.24) is 10.3 Å². The minimum absolute atomic E-state index is 0.0703. The molecule has 4 heteroatoms. The average molecular weight is 349 g/mol. The van der Waals surface area contributed by atoms with Crippen molar-refractivity contribution in [2.45, 2.75) is 39.8 Å². The van der Waals surface area contributed by atoms with Crippen molar-refractivity contribution in [1.29, 1.82) is 0 Å². The van der Waals surface area contributed by atoms with Crippen LogP contribution in [-0.4, -0.2) is 10.5 Å². The summed E-state index contributed by atoms with van der Waals surface area (Å²) in [5.74, 6) is 1.44. The highest BCUT2D eigenvalue weighted by molar-refractivity contribution is 9.10. The first kappa shape index (κ1) is 16.0. The Labute approximate surface area is 134 Å². The van der Waals surface area contributed by atoms with Gasteiger partial charge in [0.25, 0.3) is 0 Å². The maximum absolute atomic E-state index is 5.88. The molecule has 0 aliphatic heterocycles. The Morgan fingerprint density at radius 2 is 1.95 bits per heavy atom. The molecule has 21 heavy (non-hydrogen) atoms. The van der Waals surface area contributed by atoms with Crippen LogP contribution < -0.4 is 10.1 Å². The van der Waals surface area contributed by atoms with E-state index in [0.717, 1.165) is 28.0 Å². The molecule has 0 amide bonds. The minimum atomic E-state index is 0.0703. The van der Waals surface area contributed by atoms with Gasteiger partial charge in [-0.05, 0) is 57.5 Å². The topological polar surface area (TPSA) is 34.1 Å². The highest BCUT2D eigenvalue weighted by atomic mass is 79.9. The summed E-state index contributed by atoms with van der Waals surface area (Å²) in [6.07, 6.45) is 0. The number of aromatic nitrogens is 1. The summed E-state index contributed by atoms with van der Waals surface area (Å²) in [7, 11) is 0. The van der Waals surface area contributed by atoms with Crippen LogP contribution >= 0.6 is 15.9 Å². The number of nitrogens with zero attached hydrogens (tertiary/aromatic N) is 1. The van der Waals surface area contributed by atoms with E-state index < -0.39 is 0 Å². The van der Waals surface area contributed by atoms with Crippen LogP contribution in [0.5, 0.6) is 11.6 Å². The van der Waals surface area contributed by atoms with Gasteiger partial charge in [-0.2, -0.15) is 0 Å². The van der Waals surface area contributed by atoms with Crippen molar-refractivity contribution in [3.05, 3.63) is 52.1 Å². The zero-order chi connectivity index (χ0) is 15.5. The summed E-state index contributed by atoms with van der Waals surface area (Å²) in [6.45, 7) is 9.15. The van der Waals surface area contributed by atoms with E-state index in [9.17, 15) is 0 Å². The monoisotopic (exact) mass is 348 g/mol. The Hall–Kier alpha value is -1.39. The second-order valence-electron chi connectivity index (χ2n) is 6.08. The van der Waals surface area contributed by atoms with E-state index in [1.807, 2.05) is 43.3 Å². The van der Waals surface area contributed by atoms with Crippen LogP contribution in [0.2, 0.25) is 0 Å². The normalized spacial score (nSPS) is 11.5. The van der Waals surface area contributed by atoms with Gasteiger partial charge in [-0.15, -0.1) is 0 Å². The third-order valence-corrected chi connectivity index (χ3v) is 3.43. The number of nitrogens with one attached hydrogen (secondary N) is 1. The lowest BCUT2D eigenvalue weighted by molar-refractivity contribution is 0.415. The molecule has 2 rings (SSSR count). The van der Waals surface area contributed by atoms with Gasteiger partial charge in [-0.3, -0.25) is 0 Å². The molecular formula is C17H21BrN2O. The number of halogens is 1. The third-order valence-electron chi connectivity index (χ3n) is 2.93. The number of pyridine rings is 1. The van der Waals surface area contributed by atoms with Crippen LogP contribution in [-0.2, 0) is 6.54 Å². The summed E-state index contributed by atoms with van der Waals surface area (Å²) in [5.41, 5.74) is 2.11. The quantitative estimate of drug-likeness (QED) is 0.858. The van der Waals surface area contributed by atoms with E-state index >= 15 is 0 Å². The molecule has 1 aromatic heterocycles. The van der Waals surface area contributed by atoms with Crippen molar-refractivity contribution in [2.24, 2.45) is 0 Å². The predicted molar refractivity (Wildman–Crippen MR) is 89.8 cm³/mol. The molecule has 0 saturated heterocycles. The van der Waals surface area contributed by atoms with Gasteiger partial charge in [0, 0.05) is 22.6 Å². The molecule has 1 heterocycles. The van der Waals surface area contributed by atoms with E-state index in [1.54, 1.807) is 0 Å². The lowest BCUT2D eigenvalue weighted by atomic mass is 10.1. The van der Waals surface area contributed by atoms with Crippen molar-refractivity contribution < 1.29 is 4.74 Å². The molecule has 1 N–H and O–H groups in total. The molecule has 0 spiro atoms. The average Bonchev–Trinajstić information content (AvgIpc) is 2.39. The highest BCUT2D eigenvalue weighted by Gasteiger charge is 2.09. The van der Waals surface area contributed by atoms with Crippen LogP contribution in [0, 0.1) is 6.92 Å². The van der Waals surface area contributed by atoms with E-state index in [0.29, 0.717) is 5.88 Å². The Bertz CT molecular complexity index is 620. The van der Waals surface area contributed by atoms with Crippen LogP contribution in [0.1, 0.15) is 32.0 Å². The number of rotatable bonds is 4. The number of ether oxygens (including phenoxy) is 1. The van der Waals surface area contributed by atoms with Gasteiger partial charge >= 0.3 is 0 Å². The fraction of sp³-hybridized carbons (Fsp3) is 0.353. The Morgan fingerprint density at radius 1 is 1.19 bits per heavy atom. The van der Waals surface area contributed by atoms with Crippen molar-refractivity contribution >= 4 is 15.9 Å². The predicted octanol–water partition coefficient (Wildman–Crippen LogP) is 4.83. The smallest absolute Gasteiger partial charge is 0.219 e. The second kappa shape index (κ2) is 6.58. The van der Waals surface area contributed by atoms with E-state index in [1.165, 1.54) is 0 Å². The molecule has 0 bridgehead atoms. The largest absolute Gasteiger partial charge is 0.439 e. The van der Waals surface area contributed by atoms with Gasteiger partial charge in [0.1, 0.15) is 5.75 Å². The Balaban J connectivity index is 2.10. The molecule has 112 valence electrons. The second-order valence-corrected chi connectivity index (χ2v) is 7.00. The molecule has 1 aromatic carbocycles. The van der Waals surface area contributed by atoms with Gasteiger partial charge < -0.3 is 10.1 Å². The molecule has 3 nitrogen and oxygen atoms in total. The standard InChI is InChI=1S/C17H21BrN2O/c1-12-10-13(18)8-9-15(12)21-16-7-5-6-14(20-16)11-19-17(2,3)4/h5-10,19H,11H2,1-4H3. The maximum Gasteiger partial charge on any atom is 0.219 e. The lowest BCUT2D eigenvalue weighted by Crippen LogP contribution is -2.35. The zero-order valence-electron chi connectivity index (χ0n) is 12.9. The number of hydrogen-bond donors (Lipinski definition) is 1. The van der Waals surface area contributed by atoms with Gasteiger partial charge in [-0.1, -0.05) is 22.0 Å². The summed E-state index contributed by atoms with van der Waals surface area (Å²) in [6, 6.07) is 11.8. The molecule has 0 radical (unpaired) electrons. The Kier molecular flexibility index (Phi) is 5.01. The molecule has 0 unspecified atom stereocenters. The first-order chi connectivity index (χ1) is 9.83. The van der Waals surface area contributed by atoms with Crippen LogP contribution in [0.15, 0.2) is 40.9 Å². The lowest BCUT2D eigenvalue weighted by Gasteiger charge is -2.20. The van der Waals surface area contributed by atoms with Gasteiger partial charge in [0.15, 0.2) is 0 Å². The van der Waals surface area contributed by atoms with Crippen LogP contribution in [0.3, 0.4) is 0 Å². The third kappa shape index (κ3) is 5.14. The Morgan fingerprint density at radius 3 is 2.62 bits per heavy atom. The molecule has 0 aliphatic carbocycles. The van der Waals surface area contributed by atoms with E-state index in [2.05, 4.69) is 47.0 Å². The van der Waals surface area contributed by atoms with Crippen LogP contribution in [0.25, 0.3) is 0 Å². The molecule has 0 fully saturated rings. The summed E-state index contributed by atoms with van der Waals surface area (Å²) in [4.78, 5) is 4.54. The molecule has 0 saturated carbocycles. The van der Waals surface area contributed by atoms with E-state index in [4.69, 9.17) is 4.74 Å². The van der Waals surface area contributed by atoms with Gasteiger partial charge in [-0.25, -0.2) is 4.98 Å². The fourth-order valence-electron chi connectivity index (χ4n) is 1.81. The molecule has 0 atom stereocenters. The molecular weight excluding hydrogens is 328 g/mol.